The quantitative estimate of drug-likeness (QED) is 0.673. The first-order valence-corrected chi connectivity index (χ1v) is 9.58. The van der Waals surface area contributed by atoms with Crippen molar-refractivity contribution in [2.24, 2.45) is 0 Å². The molecule has 0 saturated carbocycles. The van der Waals surface area contributed by atoms with Crippen molar-refractivity contribution in [1.82, 2.24) is 14.9 Å². The van der Waals surface area contributed by atoms with Gasteiger partial charge in [-0.2, -0.15) is 0 Å². The largest absolute Gasteiger partial charge is 0.497 e. The van der Waals surface area contributed by atoms with Gasteiger partial charge in [0.2, 0.25) is 11.9 Å². The summed E-state index contributed by atoms with van der Waals surface area (Å²) in [5, 5.41) is 6.22. The van der Waals surface area contributed by atoms with Gasteiger partial charge in [0.05, 0.1) is 13.7 Å². The molecule has 0 bridgehead atoms. The molecule has 1 aromatic heterocycles. The van der Waals surface area contributed by atoms with Gasteiger partial charge in [-0.3, -0.25) is 19.5 Å². The van der Waals surface area contributed by atoms with Gasteiger partial charge in [0.25, 0.3) is 5.56 Å². The Hall–Kier alpha value is -2.87. The molecule has 0 aliphatic carbocycles. The second-order valence-electron chi connectivity index (χ2n) is 6.91. The van der Waals surface area contributed by atoms with Gasteiger partial charge in [-0.1, -0.05) is 13.0 Å². The number of nitrogens with zero attached hydrogens (tertiary/aromatic N) is 2. The molecule has 2 heterocycles. The third-order valence-electron chi connectivity index (χ3n) is 4.81. The Balaban J connectivity index is 1.46. The van der Waals surface area contributed by atoms with Crippen molar-refractivity contribution < 1.29 is 9.53 Å². The molecule has 3 N–H and O–H groups in total. The number of amides is 1. The minimum Gasteiger partial charge on any atom is -0.497 e. The number of methoxy groups -OCH3 is 1. The first kappa shape index (κ1) is 19.9. The van der Waals surface area contributed by atoms with Crippen molar-refractivity contribution in [3.8, 4) is 5.75 Å². The molecule has 0 atom stereocenters. The van der Waals surface area contributed by atoms with Crippen LogP contribution in [0.1, 0.15) is 25.5 Å². The number of anilines is 2. The molecule has 1 saturated heterocycles. The van der Waals surface area contributed by atoms with E-state index in [0.717, 1.165) is 43.7 Å². The Morgan fingerprint density at radius 1 is 1.32 bits per heavy atom. The summed E-state index contributed by atoms with van der Waals surface area (Å²) in [4.78, 5) is 33.3. The summed E-state index contributed by atoms with van der Waals surface area (Å²) in [6, 6.07) is 9.08. The first-order valence-electron chi connectivity index (χ1n) is 9.58. The van der Waals surface area contributed by atoms with Crippen molar-refractivity contribution in [3.05, 3.63) is 46.4 Å². The van der Waals surface area contributed by atoms with Crippen molar-refractivity contribution in [1.29, 1.82) is 0 Å². The van der Waals surface area contributed by atoms with Gasteiger partial charge in [-0.25, -0.2) is 4.98 Å². The van der Waals surface area contributed by atoms with E-state index in [9.17, 15) is 9.59 Å². The fourth-order valence-electron chi connectivity index (χ4n) is 3.29. The van der Waals surface area contributed by atoms with Crippen LogP contribution in [0.2, 0.25) is 0 Å². The second-order valence-corrected chi connectivity index (χ2v) is 6.91. The van der Waals surface area contributed by atoms with Gasteiger partial charge in [0.1, 0.15) is 5.75 Å². The highest BCUT2D eigenvalue weighted by atomic mass is 16.5. The maximum atomic E-state index is 12.3. The lowest BCUT2D eigenvalue weighted by Crippen LogP contribution is -2.43. The molecule has 0 radical (unpaired) electrons. The normalized spacial score (nSPS) is 15.2. The number of aromatic amines is 1. The number of aryl methyl sites for hydroxylation is 1. The zero-order valence-electron chi connectivity index (χ0n) is 16.3. The molecular weight excluding hydrogens is 358 g/mol. The van der Waals surface area contributed by atoms with Crippen LogP contribution in [0.25, 0.3) is 0 Å². The zero-order valence-corrected chi connectivity index (χ0v) is 16.3. The van der Waals surface area contributed by atoms with Crippen molar-refractivity contribution >= 4 is 17.5 Å². The van der Waals surface area contributed by atoms with E-state index in [0.29, 0.717) is 18.2 Å². The van der Waals surface area contributed by atoms with Gasteiger partial charge in [0, 0.05) is 42.6 Å². The van der Waals surface area contributed by atoms with Crippen LogP contribution in [0, 0.1) is 0 Å². The number of piperidine rings is 1. The number of hydrogen-bond donors (Lipinski definition) is 3. The van der Waals surface area contributed by atoms with Crippen LogP contribution in [-0.2, 0) is 11.2 Å². The fourth-order valence-corrected chi connectivity index (χ4v) is 3.29. The standard InChI is InChI=1S/C20H27N5O3/c1-3-14-12-18(26)24-20(22-14)23-15-7-9-25(10-8-15)13-19(27)21-16-5-4-6-17(11-16)28-2/h4-6,11-12,15H,3,7-10,13H2,1-2H3,(H,21,27)(H2,22,23,24,26). The number of benzene rings is 1. The van der Waals surface area contributed by atoms with Gasteiger partial charge in [-0.05, 0) is 31.4 Å². The predicted molar refractivity (Wildman–Crippen MR) is 109 cm³/mol. The van der Waals surface area contributed by atoms with E-state index < -0.39 is 0 Å². The molecule has 150 valence electrons. The molecule has 8 nitrogen and oxygen atoms in total. The number of carbonyl (C=O) groups excluding carboxylic acids is 1. The number of nitrogens with one attached hydrogen (secondary N) is 3. The lowest BCUT2D eigenvalue weighted by Gasteiger charge is -2.32. The van der Waals surface area contributed by atoms with E-state index in [1.54, 1.807) is 13.2 Å². The van der Waals surface area contributed by atoms with Crippen LogP contribution < -0.4 is 20.9 Å². The summed E-state index contributed by atoms with van der Waals surface area (Å²) in [6.45, 7) is 3.94. The summed E-state index contributed by atoms with van der Waals surface area (Å²) >= 11 is 0. The van der Waals surface area contributed by atoms with Crippen molar-refractivity contribution in [2.45, 2.75) is 32.2 Å². The van der Waals surface area contributed by atoms with Crippen LogP contribution in [0.3, 0.4) is 0 Å². The van der Waals surface area contributed by atoms with E-state index in [1.807, 2.05) is 25.1 Å². The lowest BCUT2D eigenvalue weighted by atomic mass is 10.1. The Labute approximate surface area is 164 Å². The van der Waals surface area contributed by atoms with Crippen LogP contribution in [0.5, 0.6) is 5.75 Å². The van der Waals surface area contributed by atoms with Crippen LogP contribution in [0.4, 0.5) is 11.6 Å². The highest BCUT2D eigenvalue weighted by Crippen LogP contribution is 2.17. The number of ether oxygens (including phenoxy) is 1. The zero-order chi connectivity index (χ0) is 19.9. The molecule has 28 heavy (non-hydrogen) atoms. The van der Waals surface area contributed by atoms with Crippen LogP contribution >= 0.6 is 0 Å². The third kappa shape index (κ3) is 5.56. The Morgan fingerprint density at radius 3 is 2.82 bits per heavy atom. The summed E-state index contributed by atoms with van der Waals surface area (Å²) in [5.41, 5.74) is 1.37. The van der Waals surface area contributed by atoms with E-state index in [4.69, 9.17) is 4.74 Å². The molecule has 1 fully saturated rings. The molecule has 0 unspecified atom stereocenters. The molecule has 1 amide bonds. The number of hydrogen-bond acceptors (Lipinski definition) is 6. The van der Waals surface area contributed by atoms with E-state index in [2.05, 4.69) is 25.5 Å². The Morgan fingerprint density at radius 2 is 2.11 bits per heavy atom. The second kappa shape index (κ2) is 9.36. The number of carbonyl (C=O) groups is 1. The molecule has 2 aromatic rings. The number of aromatic nitrogens is 2. The minimum absolute atomic E-state index is 0.0405. The average molecular weight is 385 g/mol. The van der Waals surface area contributed by atoms with Crippen LogP contribution in [-0.4, -0.2) is 53.6 Å². The maximum Gasteiger partial charge on any atom is 0.252 e. The van der Waals surface area contributed by atoms with Crippen LogP contribution in [0.15, 0.2) is 35.1 Å². The Bertz CT molecular complexity index is 859. The third-order valence-corrected chi connectivity index (χ3v) is 4.81. The van der Waals surface area contributed by atoms with Gasteiger partial charge < -0.3 is 15.4 Å². The highest BCUT2D eigenvalue weighted by Gasteiger charge is 2.21. The van der Waals surface area contributed by atoms with E-state index in [-0.39, 0.29) is 17.5 Å². The molecule has 1 aliphatic rings. The molecule has 3 rings (SSSR count). The average Bonchev–Trinajstić information content (AvgIpc) is 2.69. The summed E-state index contributed by atoms with van der Waals surface area (Å²) in [7, 11) is 1.60. The van der Waals surface area contributed by atoms with Gasteiger partial charge >= 0.3 is 0 Å². The highest BCUT2D eigenvalue weighted by molar-refractivity contribution is 5.92. The molecular formula is C20H27N5O3. The molecule has 0 spiro atoms. The smallest absolute Gasteiger partial charge is 0.252 e. The molecule has 8 heteroatoms. The van der Waals surface area contributed by atoms with Crippen molar-refractivity contribution in [2.75, 3.05) is 37.4 Å². The van der Waals surface area contributed by atoms with E-state index >= 15 is 0 Å². The number of H-pyrrole nitrogens is 1. The van der Waals surface area contributed by atoms with Crippen molar-refractivity contribution in [3.63, 3.8) is 0 Å². The SMILES string of the molecule is CCc1cc(=O)[nH]c(NC2CCN(CC(=O)Nc3cccc(OC)c3)CC2)n1. The number of rotatable bonds is 7. The minimum atomic E-state index is -0.138. The number of likely N-dealkylation sites (tertiary alicyclic amines) is 1. The molecule has 1 aliphatic heterocycles. The molecule has 1 aromatic carbocycles. The predicted octanol–water partition coefficient (Wildman–Crippen LogP) is 1.86. The van der Waals surface area contributed by atoms with Gasteiger partial charge in [0.15, 0.2) is 0 Å². The topological polar surface area (TPSA) is 99.4 Å². The first-order chi connectivity index (χ1) is 13.6. The maximum absolute atomic E-state index is 12.3. The lowest BCUT2D eigenvalue weighted by molar-refractivity contribution is -0.117. The summed E-state index contributed by atoms with van der Waals surface area (Å²) in [6.07, 6.45) is 2.48. The summed E-state index contributed by atoms with van der Waals surface area (Å²) in [5.74, 6) is 1.20. The fraction of sp³-hybridized carbons (Fsp3) is 0.450. The Kier molecular flexibility index (Phi) is 6.65. The monoisotopic (exact) mass is 385 g/mol. The van der Waals surface area contributed by atoms with Gasteiger partial charge in [-0.15, -0.1) is 0 Å². The summed E-state index contributed by atoms with van der Waals surface area (Å²) < 4.78 is 5.17. The van der Waals surface area contributed by atoms with E-state index in [1.165, 1.54) is 6.07 Å².